The van der Waals surface area contributed by atoms with Gasteiger partial charge in [-0.15, -0.1) is 5.10 Å². The predicted octanol–water partition coefficient (Wildman–Crippen LogP) is 5.35. The number of para-hydroxylation sites is 1. The summed E-state index contributed by atoms with van der Waals surface area (Å²) in [6.45, 7) is 0. The fourth-order valence-electron chi connectivity index (χ4n) is 3.36. The minimum Gasteiger partial charge on any atom is -0.457 e. The topological polar surface area (TPSA) is 69.9 Å². The van der Waals surface area contributed by atoms with Gasteiger partial charge in [0.25, 0.3) is 0 Å². The first kappa shape index (κ1) is 19.4. The molecule has 0 N–H and O–H groups in total. The van der Waals surface area contributed by atoms with Crippen LogP contribution in [0.3, 0.4) is 0 Å². The van der Waals surface area contributed by atoms with E-state index in [1.54, 1.807) is 12.1 Å². The molecule has 6 heteroatoms. The molecule has 0 aliphatic heterocycles. The Labute approximate surface area is 184 Å². The Bertz CT molecular complexity index is 1330. The molecule has 0 fully saturated rings. The second-order valence-electron chi connectivity index (χ2n) is 7.10. The van der Waals surface area contributed by atoms with Crippen LogP contribution in [0.1, 0.15) is 16.2 Å². The van der Waals surface area contributed by atoms with Gasteiger partial charge in [-0.05, 0) is 58.0 Å². The third-order valence-electron chi connectivity index (χ3n) is 4.99. The summed E-state index contributed by atoms with van der Waals surface area (Å²) < 4.78 is 7.25. The van der Waals surface area contributed by atoms with Gasteiger partial charge in [0.1, 0.15) is 11.5 Å². The summed E-state index contributed by atoms with van der Waals surface area (Å²) in [4.78, 5) is 13.1. The van der Waals surface area contributed by atoms with Crippen LogP contribution in [0.4, 0.5) is 0 Å². The summed E-state index contributed by atoms with van der Waals surface area (Å²) in [5, 5.41) is 11.7. The lowest BCUT2D eigenvalue weighted by atomic mass is 10.0. The minimum absolute atomic E-state index is 0.147. The number of carbonyl (C=O) groups is 1. The summed E-state index contributed by atoms with van der Waals surface area (Å²) in [5.41, 5.74) is 3.31. The highest BCUT2D eigenvalue weighted by molar-refractivity contribution is 6.07. The Kier molecular flexibility index (Phi) is 5.24. The van der Waals surface area contributed by atoms with E-state index in [9.17, 15) is 4.79 Å². The predicted molar refractivity (Wildman–Crippen MR) is 121 cm³/mol. The van der Waals surface area contributed by atoms with E-state index < -0.39 is 0 Å². The molecule has 5 aromatic rings. The lowest BCUT2D eigenvalue weighted by molar-refractivity contribution is 0.102. The monoisotopic (exact) mass is 418 g/mol. The molecule has 4 aromatic carbocycles. The first-order valence-corrected chi connectivity index (χ1v) is 10.1. The first-order chi connectivity index (χ1) is 15.8. The molecular formula is C26H18N4O2. The molecule has 0 saturated carbocycles. The molecule has 1 aromatic heterocycles. The molecule has 0 aliphatic rings. The molecule has 0 bridgehead atoms. The number of ketones is 1. The van der Waals surface area contributed by atoms with Crippen molar-refractivity contribution in [3.05, 3.63) is 121 Å². The third-order valence-corrected chi connectivity index (χ3v) is 4.99. The molecule has 0 aliphatic carbocycles. The lowest BCUT2D eigenvalue weighted by Gasteiger charge is -2.08. The molecular weight excluding hydrogens is 400 g/mol. The number of aromatic nitrogens is 4. The Morgan fingerprint density at radius 2 is 1.25 bits per heavy atom. The van der Waals surface area contributed by atoms with Gasteiger partial charge in [0.05, 0.1) is 5.69 Å². The average Bonchev–Trinajstić information content (AvgIpc) is 3.35. The first-order valence-electron chi connectivity index (χ1n) is 10.1. The third kappa shape index (κ3) is 4.02. The Hall–Kier alpha value is -4.58. The molecule has 0 unspecified atom stereocenters. The normalized spacial score (nSPS) is 10.6. The number of tetrazole rings is 1. The van der Waals surface area contributed by atoms with Gasteiger partial charge in [0.15, 0.2) is 0 Å². The lowest BCUT2D eigenvalue weighted by Crippen LogP contribution is -2.11. The highest BCUT2D eigenvalue weighted by Crippen LogP contribution is 2.23. The molecule has 0 amide bonds. The molecule has 32 heavy (non-hydrogen) atoms. The SMILES string of the molecule is O=C(c1ccc(-c2ccccc2)cc1)c1nnnn1-c1ccc(Oc2ccccc2)cc1. The van der Waals surface area contributed by atoms with Gasteiger partial charge in [0.2, 0.25) is 11.6 Å². The molecule has 0 saturated heterocycles. The number of hydrogen-bond acceptors (Lipinski definition) is 5. The summed E-state index contributed by atoms with van der Waals surface area (Å²) >= 11 is 0. The van der Waals surface area contributed by atoms with E-state index in [-0.39, 0.29) is 11.6 Å². The van der Waals surface area contributed by atoms with Gasteiger partial charge in [-0.1, -0.05) is 72.8 Å². The highest BCUT2D eigenvalue weighted by atomic mass is 16.5. The van der Waals surface area contributed by atoms with E-state index in [1.165, 1.54) is 4.68 Å². The van der Waals surface area contributed by atoms with E-state index in [1.807, 2.05) is 97.1 Å². The molecule has 0 atom stereocenters. The van der Waals surface area contributed by atoms with Crippen molar-refractivity contribution < 1.29 is 9.53 Å². The van der Waals surface area contributed by atoms with Crippen LogP contribution in [0.15, 0.2) is 109 Å². The van der Waals surface area contributed by atoms with E-state index in [0.717, 1.165) is 16.9 Å². The molecule has 5 rings (SSSR count). The second-order valence-corrected chi connectivity index (χ2v) is 7.10. The maximum atomic E-state index is 13.1. The molecule has 0 spiro atoms. The van der Waals surface area contributed by atoms with Gasteiger partial charge in [0, 0.05) is 5.56 Å². The zero-order valence-corrected chi connectivity index (χ0v) is 17.0. The van der Waals surface area contributed by atoms with Gasteiger partial charge >= 0.3 is 0 Å². The van der Waals surface area contributed by atoms with Crippen LogP contribution < -0.4 is 4.74 Å². The summed E-state index contributed by atoms with van der Waals surface area (Å²) in [6.07, 6.45) is 0. The van der Waals surface area contributed by atoms with Crippen LogP contribution in [-0.4, -0.2) is 26.0 Å². The van der Waals surface area contributed by atoms with Crippen LogP contribution in [0.2, 0.25) is 0 Å². The van der Waals surface area contributed by atoms with Crippen LogP contribution in [0.5, 0.6) is 11.5 Å². The summed E-state index contributed by atoms with van der Waals surface area (Å²) in [6, 6.07) is 34.2. The van der Waals surface area contributed by atoms with E-state index >= 15 is 0 Å². The van der Waals surface area contributed by atoms with Gasteiger partial charge < -0.3 is 4.74 Å². The second kappa shape index (κ2) is 8.65. The van der Waals surface area contributed by atoms with Crippen molar-refractivity contribution in [3.63, 3.8) is 0 Å². The van der Waals surface area contributed by atoms with Crippen LogP contribution in [-0.2, 0) is 0 Å². The quantitative estimate of drug-likeness (QED) is 0.348. The largest absolute Gasteiger partial charge is 0.457 e. The smallest absolute Gasteiger partial charge is 0.232 e. The van der Waals surface area contributed by atoms with Gasteiger partial charge in [-0.3, -0.25) is 4.79 Å². The van der Waals surface area contributed by atoms with Crippen LogP contribution >= 0.6 is 0 Å². The fourth-order valence-corrected chi connectivity index (χ4v) is 3.36. The minimum atomic E-state index is -0.251. The van der Waals surface area contributed by atoms with Gasteiger partial charge in [-0.25, -0.2) is 0 Å². The maximum Gasteiger partial charge on any atom is 0.232 e. The van der Waals surface area contributed by atoms with E-state index in [0.29, 0.717) is 17.0 Å². The van der Waals surface area contributed by atoms with Crippen molar-refractivity contribution in [3.8, 4) is 28.3 Å². The van der Waals surface area contributed by atoms with E-state index in [2.05, 4.69) is 15.5 Å². The van der Waals surface area contributed by atoms with Crippen molar-refractivity contribution in [1.82, 2.24) is 20.2 Å². The number of carbonyl (C=O) groups excluding carboxylic acids is 1. The molecule has 154 valence electrons. The van der Waals surface area contributed by atoms with Crippen molar-refractivity contribution in [2.75, 3.05) is 0 Å². The number of nitrogens with zero attached hydrogens (tertiary/aromatic N) is 4. The summed E-state index contributed by atoms with van der Waals surface area (Å²) in [5.74, 6) is 1.32. The summed E-state index contributed by atoms with van der Waals surface area (Å²) in [7, 11) is 0. The van der Waals surface area contributed by atoms with E-state index in [4.69, 9.17) is 4.74 Å². The zero-order valence-electron chi connectivity index (χ0n) is 17.0. The van der Waals surface area contributed by atoms with Crippen molar-refractivity contribution in [2.24, 2.45) is 0 Å². The zero-order chi connectivity index (χ0) is 21.8. The molecule has 1 heterocycles. The maximum absolute atomic E-state index is 13.1. The van der Waals surface area contributed by atoms with Crippen molar-refractivity contribution in [1.29, 1.82) is 0 Å². The Morgan fingerprint density at radius 3 is 1.94 bits per heavy atom. The molecule has 0 radical (unpaired) electrons. The number of ether oxygens (including phenoxy) is 1. The Morgan fingerprint density at radius 1 is 0.656 bits per heavy atom. The van der Waals surface area contributed by atoms with Crippen LogP contribution in [0.25, 0.3) is 16.8 Å². The Balaban J connectivity index is 1.37. The number of hydrogen-bond donors (Lipinski definition) is 0. The highest BCUT2D eigenvalue weighted by Gasteiger charge is 2.19. The van der Waals surface area contributed by atoms with Gasteiger partial charge in [-0.2, -0.15) is 4.68 Å². The fraction of sp³-hybridized carbons (Fsp3) is 0. The average molecular weight is 418 g/mol. The molecule has 6 nitrogen and oxygen atoms in total. The van der Waals surface area contributed by atoms with Crippen LogP contribution in [0, 0.1) is 0 Å². The van der Waals surface area contributed by atoms with Crippen molar-refractivity contribution in [2.45, 2.75) is 0 Å². The van der Waals surface area contributed by atoms with Crippen molar-refractivity contribution >= 4 is 5.78 Å². The standard InChI is InChI=1S/C26H18N4O2/c31-25(21-13-11-20(12-14-21)19-7-3-1-4-8-19)26-27-28-29-30(26)22-15-17-24(18-16-22)32-23-9-5-2-6-10-23/h1-18H. The number of benzene rings is 4. The number of rotatable bonds is 6.